The number of rotatable bonds is 3. The minimum atomic E-state index is -4.21. The minimum Gasteiger partial charge on any atom is -0.452 e. The lowest BCUT2D eigenvalue weighted by molar-refractivity contribution is 0.177. The van der Waals surface area contributed by atoms with Gasteiger partial charge in [0, 0.05) is 4.47 Å². The lowest BCUT2D eigenvalue weighted by Crippen LogP contribution is -2.35. The van der Waals surface area contributed by atoms with Crippen LogP contribution in [-0.4, -0.2) is 21.6 Å². The summed E-state index contributed by atoms with van der Waals surface area (Å²) < 4.78 is 43.8. The standard InChI is InChI=1S/C8H8BrFN2O4S/c1-16-8(13)12-17(14,15)11-7-3-2-5(9)4-6(7)10/h2-4,11H,1H3,(H,12,13). The fraction of sp³-hybridized carbons (Fsp3) is 0.125. The Morgan fingerprint density at radius 1 is 1.47 bits per heavy atom. The van der Waals surface area contributed by atoms with E-state index in [1.165, 1.54) is 16.9 Å². The van der Waals surface area contributed by atoms with E-state index in [2.05, 4.69) is 20.7 Å². The topological polar surface area (TPSA) is 84.5 Å². The van der Waals surface area contributed by atoms with Gasteiger partial charge in [-0.1, -0.05) is 15.9 Å². The molecule has 0 aromatic heterocycles. The number of methoxy groups -OCH3 is 1. The van der Waals surface area contributed by atoms with Crippen molar-refractivity contribution in [3.8, 4) is 0 Å². The number of carbonyl (C=O) groups excluding carboxylic acids is 1. The van der Waals surface area contributed by atoms with Gasteiger partial charge in [-0.15, -0.1) is 0 Å². The molecule has 0 heterocycles. The zero-order valence-corrected chi connectivity index (χ0v) is 10.9. The zero-order valence-electron chi connectivity index (χ0n) is 8.53. The van der Waals surface area contributed by atoms with Gasteiger partial charge in [0.25, 0.3) is 0 Å². The first-order valence-electron chi connectivity index (χ1n) is 4.17. The summed E-state index contributed by atoms with van der Waals surface area (Å²) in [5.41, 5.74) is -0.287. The van der Waals surface area contributed by atoms with Gasteiger partial charge >= 0.3 is 16.3 Å². The van der Waals surface area contributed by atoms with Gasteiger partial charge in [-0.25, -0.2) is 13.9 Å². The third-order valence-corrected chi connectivity index (χ3v) is 3.00. The smallest absolute Gasteiger partial charge is 0.422 e. The molecular weight excluding hydrogens is 319 g/mol. The molecule has 1 rings (SSSR count). The van der Waals surface area contributed by atoms with Crippen LogP contribution in [0.3, 0.4) is 0 Å². The second-order valence-electron chi connectivity index (χ2n) is 2.82. The van der Waals surface area contributed by atoms with Gasteiger partial charge in [0.2, 0.25) is 0 Å². The van der Waals surface area contributed by atoms with Gasteiger partial charge in [-0.2, -0.15) is 8.42 Å². The molecule has 0 aliphatic heterocycles. The predicted octanol–water partition coefficient (Wildman–Crippen LogP) is 1.60. The number of hydrogen-bond acceptors (Lipinski definition) is 4. The van der Waals surface area contributed by atoms with Gasteiger partial charge in [0.15, 0.2) is 0 Å². The molecule has 0 atom stereocenters. The Morgan fingerprint density at radius 3 is 2.65 bits per heavy atom. The fourth-order valence-electron chi connectivity index (χ4n) is 0.894. The summed E-state index contributed by atoms with van der Waals surface area (Å²) in [6.07, 6.45) is -1.17. The largest absolute Gasteiger partial charge is 0.452 e. The molecular formula is C8H8BrFN2O4S. The quantitative estimate of drug-likeness (QED) is 0.883. The highest BCUT2D eigenvalue weighted by Crippen LogP contribution is 2.19. The number of ether oxygens (including phenoxy) is 1. The third-order valence-electron chi connectivity index (χ3n) is 1.58. The summed E-state index contributed by atoms with van der Waals surface area (Å²) in [6.45, 7) is 0. The van der Waals surface area contributed by atoms with Gasteiger partial charge in [-0.05, 0) is 18.2 Å². The number of anilines is 1. The Kier molecular flexibility index (Phi) is 4.29. The Bertz CT molecular complexity index is 534. The van der Waals surface area contributed by atoms with Gasteiger partial charge in [0.1, 0.15) is 5.82 Å². The number of benzene rings is 1. The molecule has 0 radical (unpaired) electrons. The molecule has 0 spiro atoms. The first-order chi connectivity index (χ1) is 7.84. The van der Waals surface area contributed by atoms with Crippen LogP contribution in [0.25, 0.3) is 0 Å². The summed E-state index contributed by atoms with van der Waals surface area (Å²) >= 11 is 3.02. The molecule has 1 aromatic carbocycles. The highest BCUT2D eigenvalue weighted by Gasteiger charge is 2.16. The molecule has 6 nitrogen and oxygen atoms in total. The number of amides is 1. The summed E-state index contributed by atoms with van der Waals surface area (Å²) in [5, 5.41) is 0. The van der Waals surface area contributed by atoms with Crippen molar-refractivity contribution in [1.82, 2.24) is 4.72 Å². The van der Waals surface area contributed by atoms with Gasteiger partial charge in [0.05, 0.1) is 12.8 Å². The Morgan fingerprint density at radius 2 is 2.12 bits per heavy atom. The minimum absolute atomic E-state index is 0.287. The predicted molar refractivity (Wildman–Crippen MR) is 62.2 cm³/mol. The van der Waals surface area contributed by atoms with Crippen molar-refractivity contribution in [2.75, 3.05) is 11.8 Å². The molecule has 0 unspecified atom stereocenters. The normalized spacial score (nSPS) is 10.8. The summed E-state index contributed by atoms with van der Waals surface area (Å²) in [5.74, 6) is -0.783. The van der Waals surface area contributed by atoms with E-state index in [-0.39, 0.29) is 5.69 Å². The van der Waals surface area contributed by atoms with Crippen molar-refractivity contribution < 1.29 is 22.3 Å². The van der Waals surface area contributed by atoms with Crippen LogP contribution in [0.5, 0.6) is 0 Å². The van der Waals surface area contributed by atoms with Crippen molar-refractivity contribution in [2.24, 2.45) is 0 Å². The van der Waals surface area contributed by atoms with Gasteiger partial charge < -0.3 is 4.74 Å². The van der Waals surface area contributed by atoms with E-state index in [1.807, 2.05) is 4.72 Å². The monoisotopic (exact) mass is 326 g/mol. The van der Waals surface area contributed by atoms with Crippen molar-refractivity contribution >= 4 is 37.9 Å². The van der Waals surface area contributed by atoms with E-state index >= 15 is 0 Å². The lowest BCUT2D eigenvalue weighted by atomic mass is 10.3. The third kappa shape index (κ3) is 4.19. The molecule has 94 valence electrons. The molecule has 1 amide bonds. The molecule has 9 heteroatoms. The van der Waals surface area contributed by atoms with Crippen LogP contribution < -0.4 is 9.44 Å². The molecule has 0 aliphatic carbocycles. The van der Waals surface area contributed by atoms with Crippen LogP contribution in [-0.2, 0) is 14.9 Å². The van der Waals surface area contributed by atoms with Crippen molar-refractivity contribution in [1.29, 1.82) is 0 Å². The molecule has 0 bridgehead atoms. The highest BCUT2D eigenvalue weighted by atomic mass is 79.9. The Balaban J connectivity index is 2.87. The average Bonchev–Trinajstić information content (AvgIpc) is 2.21. The Labute approximate surface area is 105 Å². The van der Waals surface area contributed by atoms with E-state index in [4.69, 9.17) is 0 Å². The number of halogens is 2. The number of nitrogens with one attached hydrogen (secondary N) is 2. The Hall–Kier alpha value is -1.35. The van der Waals surface area contributed by atoms with Crippen molar-refractivity contribution in [3.05, 3.63) is 28.5 Å². The number of carbonyl (C=O) groups is 1. The maximum Gasteiger partial charge on any atom is 0.422 e. The van der Waals surface area contributed by atoms with E-state index < -0.39 is 22.1 Å². The lowest BCUT2D eigenvalue weighted by Gasteiger charge is -2.09. The number of hydrogen-bond donors (Lipinski definition) is 2. The molecule has 0 aliphatic rings. The van der Waals surface area contributed by atoms with Crippen LogP contribution in [0.15, 0.2) is 22.7 Å². The van der Waals surface area contributed by atoms with Crippen LogP contribution >= 0.6 is 15.9 Å². The van der Waals surface area contributed by atoms with Crippen LogP contribution in [0, 0.1) is 5.82 Å². The van der Waals surface area contributed by atoms with E-state index in [9.17, 15) is 17.6 Å². The van der Waals surface area contributed by atoms with Crippen molar-refractivity contribution in [3.63, 3.8) is 0 Å². The average molecular weight is 327 g/mol. The second-order valence-corrected chi connectivity index (χ2v) is 5.15. The molecule has 0 fully saturated rings. The van der Waals surface area contributed by atoms with E-state index in [0.29, 0.717) is 4.47 Å². The molecule has 1 aromatic rings. The zero-order chi connectivity index (χ0) is 13.1. The van der Waals surface area contributed by atoms with Gasteiger partial charge in [-0.3, -0.25) is 4.72 Å². The molecule has 0 saturated carbocycles. The SMILES string of the molecule is COC(=O)NS(=O)(=O)Nc1ccc(Br)cc1F. The maximum absolute atomic E-state index is 13.3. The summed E-state index contributed by atoms with van der Waals surface area (Å²) in [6, 6.07) is 3.73. The molecule has 0 saturated heterocycles. The van der Waals surface area contributed by atoms with Crippen molar-refractivity contribution in [2.45, 2.75) is 0 Å². The molecule has 2 N–H and O–H groups in total. The molecule has 17 heavy (non-hydrogen) atoms. The second kappa shape index (κ2) is 5.32. The van der Waals surface area contributed by atoms with Crippen LogP contribution in [0.1, 0.15) is 0 Å². The first-order valence-corrected chi connectivity index (χ1v) is 6.45. The van der Waals surface area contributed by atoms with Crippen LogP contribution in [0.4, 0.5) is 14.9 Å². The first kappa shape index (κ1) is 13.7. The summed E-state index contributed by atoms with van der Waals surface area (Å²) in [4.78, 5) is 10.7. The summed E-state index contributed by atoms with van der Waals surface area (Å²) in [7, 11) is -3.21. The fourth-order valence-corrected chi connectivity index (χ4v) is 2.04. The van der Waals surface area contributed by atoms with E-state index in [0.717, 1.165) is 13.2 Å². The highest BCUT2D eigenvalue weighted by molar-refractivity contribution is 9.10. The van der Waals surface area contributed by atoms with Crippen LogP contribution in [0.2, 0.25) is 0 Å². The van der Waals surface area contributed by atoms with E-state index in [1.54, 1.807) is 0 Å². The maximum atomic E-state index is 13.3.